The Morgan fingerprint density at radius 2 is 2.07 bits per heavy atom. The highest BCUT2D eigenvalue weighted by molar-refractivity contribution is 6.20. The van der Waals surface area contributed by atoms with Gasteiger partial charge in [-0.25, -0.2) is 0 Å². The molecule has 4 heteroatoms. The Kier molecular flexibility index (Phi) is 6.12. The number of carbonyl (C=O) groups is 1. The molecular formula is C10H20ClNO2. The Labute approximate surface area is 91.2 Å². The smallest absolute Gasteiger partial charge is 0.246 e. The maximum absolute atomic E-state index is 11.2. The molecule has 0 rings (SSSR count). The van der Waals surface area contributed by atoms with Crippen LogP contribution in [0.25, 0.3) is 0 Å². The number of nitrogens with one attached hydrogen (secondary N) is 1. The van der Waals surface area contributed by atoms with E-state index in [0.717, 1.165) is 6.42 Å². The van der Waals surface area contributed by atoms with Crippen LogP contribution in [0.3, 0.4) is 0 Å². The summed E-state index contributed by atoms with van der Waals surface area (Å²) in [6.45, 7) is 8.37. The molecule has 0 aromatic rings. The third kappa shape index (κ3) is 9.81. The molecule has 1 unspecified atom stereocenters. The number of hydrogen-bond acceptors (Lipinski definition) is 2. The van der Waals surface area contributed by atoms with Gasteiger partial charge in [0.15, 0.2) is 0 Å². The van der Waals surface area contributed by atoms with E-state index in [4.69, 9.17) is 16.3 Å². The molecule has 0 fully saturated rings. The molecule has 0 aliphatic carbocycles. The zero-order valence-electron chi connectivity index (χ0n) is 9.39. The summed E-state index contributed by atoms with van der Waals surface area (Å²) in [4.78, 5) is 11.2. The van der Waals surface area contributed by atoms with Crippen molar-refractivity contribution in [3.63, 3.8) is 0 Å². The second kappa shape index (κ2) is 6.25. The summed E-state index contributed by atoms with van der Waals surface area (Å²) in [5, 5.41) is 2.83. The molecule has 0 spiro atoms. The lowest BCUT2D eigenvalue weighted by Crippen LogP contribution is -2.33. The average molecular weight is 222 g/mol. The van der Waals surface area contributed by atoms with E-state index in [1.54, 1.807) is 0 Å². The summed E-state index contributed by atoms with van der Waals surface area (Å²) in [7, 11) is 0. The minimum absolute atomic E-state index is 0.0859. The average Bonchev–Trinajstić information content (AvgIpc) is 1.99. The van der Waals surface area contributed by atoms with Gasteiger partial charge >= 0.3 is 0 Å². The molecule has 0 bridgehead atoms. The second-order valence-electron chi connectivity index (χ2n) is 4.32. The predicted molar refractivity (Wildman–Crippen MR) is 58.6 cm³/mol. The van der Waals surface area contributed by atoms with Gasteiger partial charge < -0.3 is 10.1 Å². The minimum atomic E-state index is -0.267. The highest BCUT2D eigenvalue weighted by atomic mass is 35.5. The van der Waals surface area contributed by atoms with Crippen LogP contribution < -0.4 is 5.32 Å². The van der Waals surface area contributed by atoms with Crippen molar-refractivity contribution in [2.24, 2.45) is 0 Å². The van der Waals surface area contributed by atoms with Crippen LogP contribution in [0.1, 0.15) is 34.1 Å². The summed E-state index contributed by atoms with van der Waals surface area (Å²) >= 11 is 5.73. The van der Waals surface area contributed by atoms with Crippen LogP contribution in [0.2, 0.25) is 0 Å². The lowest BCUT2D eigenvalue weighted by molar-refractivity contribution is -0.130. The molecule has 0 aliphatic rings. The Balaban J connectivity index is 3.47. The van der Waals surface area contributed by atoms with Crippen molar-refractivity contribution in [3.8, 4) is 0 Å². The van der Waals surface area contributed by atoms with Crippen LogP contribution in [0.15, 0.2) is 0 Å². The van der Waals surface area contributed by atoms with E-state index < -0.39 is 0 Å². The van der Waals surface area contributed by atoms with E-state index >= 15 is 0 Å². The third-order valence-corrected chi connectivity index (χ3v) is 1.72. The highest BCUT2D eigenvalue weighted by Gasteiger charge is 2.12. The molecule has 1 amide bonds. The lowest BCUT2D eigenvalue weighted by atomic mass is 10.2. The SMILES string of the molecule is CC(Cl)CCNC(=O)COC(C)(C)C. The first-order chi connectivity index (χ1) is 6.31. The molecule has 0 aliphatic heterocycles. The predicted octanol–water partition coefficient (Wildman–Crippen LogP) is 1.94. The van der Waals surface area contributed by atoms with Gasteiger partial charge in [-0.15, -0.1) is 11.6 Å². The number of amides is 1. The number of rotatable bonds is 5. The first kappa shape index (κ1) is 13.7. The molecule has 3 nitrogen and oxygen atoms in total. The van der Waals surface area contributed by atoms with Crippen LogP contribution in [-0.2, 0) is 9.53 Å². The van der Waals surface area contributed by atoms with Gasteiger partial charge in [-0.3, -0.25) is 4.79 Å². The zero-order chi connectivity index (χ0) is 11.2. The van der Waals surface area contributed by atoms with Crippen molar-refractivity contribution < 1.29 is 9.53 Å². The fourth-order valence-corrected chi connectivity index (χ4v) is 0.853. The van der Waals surface area contributed by atoms with Crippen molar-refractivity contribution in [1.29, 1.82) is 0 Å². The fourth-order valence-electron chi connectivity index (χ4n) is 0.744. The molecule has 0 saturated heterocycles. The van der Waals surface area contributed by atoms with E-state index in [1.165, 1.54) is 0 Å². The van der Waals surface area contributed by atoms with Gasteiger partial charge in [-0.2, -0.15) is 0 Å². The van der Waals surface area contributed by atoms with Gasteiger partial charge in [0.25, 0.3) is 0 Å². The molecule has 1 N–H and O–H groups in total. The Morgan fingerprint density at radius 1 is 1.50 bits per heavy atom. The van der Waals surface area contributed by atoms with E-state index in [2.05, 4.69) is 5.32 Å². The topological polar surface area (TPSA) is 38.3 Å². The number of alkyl halides is 1. The molecule has 0 aromatic carbocycles. The number of ether oxygens (including phenoxy) is 1. The van der Waals surface area contributed by atoms with Crippen LogP contribution >= 0.6 is 11.6 Å². The van der Waals surface area contributed by atoms with Gasteiger partial charge in [0, 0.05) is 11.9 Å². The Bertz CT molecular complexity index is 175. The van der Waals surface area contributed by atoms with Crippen LogP contribution in [0.5, 0.6) is 0 Å². The van der Waals surface area contributed by atoms with Crippen LogP contribution in [0, 0.1) is 0 Å². The Morgan fingerprint density at radius 3 is 2.50 bits per heavy atom. The molecule has 84 valence electrons. The van der Waals surface area contributed by atoms with E-state index in [9.17, 15) is 4.79 Å². The number of carbonyl (C=O) groups excluding carboxylic acids is 1. The van der Waals surface area contributed by atoms with Crippen molar-refractivity contribution >= 4 is 17.5 Å². The van der Waals surface area contributed by atoms with Crippen molar-refractivity contribution in [3.05, 3.63) is 0 Å². The van der Waals surface area contributed by atoms with Gasteiger partial charge in [0.2, 0.25) is 5.91 Å². The largest absolute Gasteiger partial charge is 0.366 e. The molecule has 0 radical (unpaired) electrons. The van der Waals surface area contributed by atoms with E-state index in [-0.39, 0.29) is 23.5 Å². The summed E-state index contributed by atoms with van der Waals surface area (Å²) in [5.74, 6) is -0.0859. The van der Waals surface area contributed by atoms with E-state index in [1.807, 2.05) is 27.7 Å². The lowest BCUT2D eigenvalue weighted by Gasteiger charge is -2.19. The van der Waals surface area contributed by atoms with Gasteiger partial charge in [-0.05, 0) is 34.1 Å². The van der Waals surface area contributed by atoms with Crippen molar-refractivity contribution in [2.45, 2.75) is 45.1 Å². The third-order valence-electron chi connectivity index (χ3n) is 1.50. The van der Waals surface area contributed by atoms with Crippen LogP contribution in [0.4, 0.5) is 0 Å². The molecular weight excluding hydrogens is 202 g/mol. The Hall–Kier alpha value is -0.280. The van der Waals surface area contributed by atoms with Crippen molar-refractivity contribution in [1.82, 2.24) is 5.32 Å². The monoisotopic (exact) mass is 221 g/mol. The van der Waals surface area contributed by atoms with Gasteiger partial charge in [0.05, 0.1) is 5.60 Å². The summed E-state index contributed by atoms with van der Waals surface area (Å²) in [6.07, 6.45) is 0.781. The molecule has 1 atom stereocenters. The molecule has 0 aromatic heterocycles. The molecule has 0 saturated carbocycles. The maximum Gasteiger partial charge on any atom is 0.246 e. The standard InChI is InChI=1S/C10H20ClNO2/c1-8(11)5-6-12-9(13)7-14-10(2,3)4/h8H,5-7H2,1-4H3,(H,12,13). The fraction of sp³-hybridized carbons (Fsp3) is 0.900. The summed E-state index contributed by atoms with van der Waals surface area (Å²) in [5.41, 5.74) is -0.267. The normalized spacial score (nSPS) is 13.8. The zero-order valence-corrected chi connectivity index (χ0v) is 10.1. The quantitative estimate of drug-likeness (QED) is 0.721. The first-order valence-electron chi connectivity index (χ1n) is 4.86. The maximum atomic E-state index is 11.2. The van der Waals surface area contributed by atoms with Crippen LogP contribution in [-0.4, -0.2) is 30.0 Å². The number of halogens is 1. The molecule has 0 heterocycles. The molecule has 14 heavy (non-hydrogen) atoms. The minimum Gasteiger partial charge on any atom is -0.366 e. The highest BCUT2D eigenvalue weighted by Crippen LogP contribution is 2.05. The summed E-state index contributed by atoms with van der Waals surface area (Å²) < 4.78 is 5.30. The first-order valence-corrected chi connectivity index (χ1v) is 5.29. The number of hydrogen-bond donors (Lipinski definition) is 1. The van der Waals surface area contributed by atoms with E-state index in [0.29, 0.717) is 6.54 Å². The summed E-state index contributed by atoms with van der Waals surface area (Å²) in [6, 6.07) is 0. The van der Waals surface area contributed by atoms with Crippen molar-refractivity contribution in [2.75, 3.05) is 13.2 Å². The van der Waals surface area contributed by atoms with Gasteiger partial charge in [-0.1, -0.05) is 0 Å². The second-order valence-corrected chi connectivity index (χ2v) is 5.07. The van der Waals surface area contributed by atoms with Gasteiger partial charge in [0.1, 0.15) is 6.61 Å².